The van der Waals surface area contributed by atoms with E-state index >= 15 is 0 Å². The van der Waals surface area contributed by atoms with Gasteiger partial charge in [0, 0.05) is 11.7 Å². The molecule has 2 N–H and O–H groups in total. The zero-order valence-electron chi connectivity index (χ0n) is 12.3. The van der Waals surface area contributed by atoms with Gasteiger partial charge < -0.3 is 5.32 Å². The standard InChI is InChI=1S/C14H22N4O2/c1-9(2)18-13(19)7-12(14(18)20)15-6-4-5-11-8-16-17-10(11)3/h8-9,12,15H,4-7H2,1-3H3,(H,16,17). The number of aromatic nitrogens is 2. The predicted molar refractivity (Wildman–Crippen MR) is 75.0 cm³/mol. The molecule has 1 aromatic rings. The SMILES string of the molecule is Cc1[nH]ncc1CCCNC1CC(=O)N(C(C)C)C1=O. The maximum Gasteiger partial charge on any atom is 0.247 e. The Bertz CT molecular complexity index is 495. The van der Waals surface area contributed by atoms with Crippen molar-refractivity contribution in [3.8, 4) is 0 Å². The van der Waals surface area contributed by atoms with Gasteiger partial charge in [-0.3, -0.25) is 19.6 Å². The van der Waals surface area contributed by atoms with Crippen molar-refractivity contribution in [3.63, 3.8) is 0 Å². The fraction of sp³-hybridized carbons (Fsp3) is 0.643. The molecule has 1 aromatic heterocycles. The quantitative estimate of drug-likeness (QED) is 0.595. The van der Waals surface area contributed by atoms with E-state index < -0.39 is 0 Å². The molecule has 0 bridgehead atoms. The molecule has 20 heavy (non-hydrogen) atoms. The molecular weight excluding hydrogens is 256 g/mol. The Morgan fingerprint density at radius 2 is 2.25 bits per heavy atom. The second-order valence-corrected chi connectivity index (χ2v) is 5.53. The summed E-state index contributed by atoms with van der Waals surface area (Å²) >= 11 is 0. The predicted octanol–water partition coefficient (Wildman–Crippen LogP) is 0.776. The van der Waals surface area contributed by atoms with Crippen LogP contribution in [-0.2, 0) is 16.0 Å². The Labute approximate surface area is 118 Å². The van der Waals surface area contributed by atoms with E-state index in [1.54, 1.807) is 0 Å². The summed E-state index contributed by atoms with van der Waals surface area (Å²) in [6.07, 6.45) is 3.94. The third-order valence-electron chi connectivity index (χ3n) is 3.65. The minimum atomic E-state index is -0.352. The second-order valence-electron chi connectivity index (χ2n) is 5.53. The summed E-state index contributed by atoms with van der Waals surface area (Å²) in [6, 6.07) is -0.411. The van der Waals surface area contributed by atoms with Gasteiger partial charge in [0.1, 0.15) is 0 Å². The molecule has 2 amide bonds. The number of H-pyrrole nitrogens is 1. The smallest absolute Gasteiger partial charge is 0.247 e. The van der Waals surface area contributed by atoms with Crippen LogP contribution in [0.2, 0.25) is 0 Å². The molecular formula is C14H22N4O2. The highest BCUT2D eigenvalue weighted by Gasteiger charge is 2.39. The number of amides is 2. The largest absolute Gasteiger partial charge is 0.305 e. The van der Waals surface area contributed by atoms with Gasteiger partial charge in [0.2, 0.25) is 11.8 Å². The Morgan fingerprint density at radius 1 is 1.50 bits per heavy atom. The number of nitrogens with zero attached hydrogens (tertiary/aromatic N) is 2. The fourth-order valence-electron chi connectivity index (χ4n) is 2.54. The van der Waals surface area contributed by atoms with Gasteiger partial charge in [-0.2, -0.15) is 5.10 Å². The van der Waals surface area contributed by atoms with Crippen LogP contribution in [0, 0.1) is 6.92 Å². The number of likely N-dealkylation sites (tertiary alicyclic amines) is 1. The van der Waals surface area contributed by atoms with Crippen molar-refractivity contribution in [1.82, 2.24) is 20.4 Å². The molecule has 6 nitrogen and oxygen atoms in total. The third-order valence-corrected chi connectivity index (χ3v) is 3.65. The fourth-order valence-corrected chi connectivity index (χ4v) is 2.54. The van der Waals surface area contributed by atoms with Gasteiger partial charge in [-0.25, -0.2) is 0 Å². The van der Waals surface area contributed by atoms with E-state index in [0.29, 0.717) is 0 Å². The lowest BCUT2D eigenvalue weighted by Gasteiger charge is -2.19. The van der Waals surface area contributed by atoms with E-state index in [1.165, 1.54) is 10.5 Å². The lowest BCUT2D eigenvalue weighted by Crippen LogP contribution is -2.42. The van der Waals surface area contributed by atoms with Crippen molar-refractivity contribution in [2.75, 3.05) is 6.54 Å². The summed E-state index contributed by atoms with van der Waals surface area (Å²) in [4.78, 5) is 25.2. The molecule has 1 saturated heterocycles. The number of nitrogens with one attached hydrogen (secondary N) is 2. The first-order chi connectivity index (χ1) is 9.50. The highest BCUT2D eigenvalue weighted by atomic mass is 16.2. The monoisotopic (exact) mass is 278 g/mol. The molecule has 110 valence electrons. The van der Waals surface area contributed by atoms with Crippen molar-refractivity contribution in [2.45, 2.75) is 52.1 Å². The molecule has 1 atom stereocenters. The van der Waals surface area contributed by atoms with E-state index in [9.17, 15) is 9.59 Å². The zero-order valence-corrected chi connectivity index (χ0v) is 12.3. The minimum absolute atomic E-state index is 0.0598. The number of rotatable bonds is 6. The number of hydrogen-bond donors (Lipinski definition) is 2. The summed E-state index contributed by atoms with van der Waals surface area (Å²) in [6.45, 7) is 6.44. The lowest BCUT2D eigenvalue weighted by atomic mass is 10.1. The Morgan fingerprint density at radius 3 is 2.80 bits per heavy atom. The van der Waals surface area contributed by atoms with Gasteiger partial charge in [-0.05, 0) is 45.7 Å². The molecule has 0 radical (unpaired) electrons. The van der Waals surface area contributed by atoms with Gasteiger partial charge in [0.25, 0.3) is 0 Å². The molecule has 1 aliphatic rings. The van der Waals surface area contributed by atoms with Gasteiger partial charge in [-0.15, -0.1) is 0 Å². The minimum Gasteiger partial charge on any atom is -0.305 e. The highest BCUT2D eigenvalue weighted by molar-refractivity contribution is 6.05. The molecule has 0 spiro atoms. The summed E-state index contributed by atoms with van der Waals surface area (Å²) in [5.41, 5.74) is 2.28. The highest BCUT2D eigenvalue weighted by Crippen LogP contribution is 2.16. The van der Waals surface area contributed by atoms with Crippen molar-refractivity contribution in [3.05, 3.63) is 17.5 Å². The summed E-state index contributed by atoms with van der Waals surface area (Å²) in [5.74, 6) is -0.169. The third kappa shape index (κ3) is 3.07. The van der Waals surface area contributed by atoms with Crippen molar-refractivity contribution < 1.29 is 9.59 Å². The maximum atomic E-state index is 12.1. The Balaban J connectivity index is 1.76. The van der Waals surface area contributed by atoms with Crippen molar-refractivity contribution in [2.24, 2.45) is 0 Å². The van der Waals surface area contributed by atoms with E-state index in [0.717, 1.165) is 25.1 Å². The molecule has 1 fully saturated rings. The van der Waals surface area contributed by atoms with Gasteiger partial charge in [0.05, 0.1) is 18.7 Å². The van der Waals surface area contributed by atoms with Crippen molar-refractivity contribution in [1.29, 1.82) is 0 Å². The molecule has 2 heterocycles. The van der Waals surface area contributed by atoms with Crippen LogP contribution in [-0.4, -0.2) is 45.5 Å². The van der Waals surface area contributed by atoms with Crippen LogP contribution in [0.1, 0.15) is 37.9 Å². The molecule has 1 aliphatic heterocycles. The number of aromatic amines is 1. The number of carbonyl (C=O) groups is 2. The number of hydrogen-bond acceptors (Lipinski definition) is 4. The summed E-state index contributed by atoms with van der Waals surface area (Å²) in [5, 5.41) is 10.1. The maximum absolute atomic E-state index is 12.1. The number of aryl methyl sites for hydroxylation is 2. The molecule has 0 aromatic carbocycles. The first kappa shape index (κ1) is 14.7. The van der Waals surface area contributed by atoms with Crippen molar-refractivity contribution >= 4 is 11.8 Å². The average molecular weight is 278 g/mol. The molecule has 2 rings (SSSR count). The van der Waals surface area contributed by atoms with E-state index in [1.807, 2.05) is 27.0 Å². The van der Waals surface area contributed by atoms with Crippen LogP contribution in [0.3, 0.4) is 0 Å². The molecule has 0 aliphatic carbocycles. The van der Waals surface area contributed by atoms with E-state index in [4.69, 9.17) is 0 Å². The summed E-state index contributed by atoms with van der Waals surface area (Å²) < 4.78 is 0. The molecule has 0 saturated carbocycles. The number of imide groups is 1. The van der Waals surface area contributed by atoms with Gasteiger partial charge in [0.15, 0.2) is 0 Å². The molecule has 6 heteroatoms. The van der Waals surface area contributed by atoms with Crippen LogP contribution in [0.25, 0.3) is 0 Å². The Kier molecular flexibility index (Phi) is 4.54. The first-order valence-electron chi connectivity index (χ1n) is 7.09. The number of carbonyl (C=O) groups excluding carboxylic acids is 2. The normalized spacial score (nSPS) is 19.4. The van der Waals surface area contributed by atoms with Gasteiger partial charge >= 0.3 is 0 Å². The van der Waals surface area contributed by atoms with Crippen LogP contribution >= 0.6 is 0 Å². The first-order valence-corrected chi connectivity index (χ1v) is 7.09. The topological polar surface area (TPSA) is 78.1 Å². The average Bonchev–Trinajstić information content (AvgIpc) is 2.89. The van der Waals surface area contributed by atoms with E-state index in [-0.39, 0.29) is 30.3 Å². The Hall–Kier alpha value is -1.69. The lowest BCUT2D eigenvalue weighted by molar-refractivity contribution is -0.140. The van der Waals surface area contributed by atoms with Gasteiger partial charge in [-0.1, -0.05) is 0 Å². The van der Waals surface area contributed by atoms with E-state index in [2.05, 4.69) is 15.5 Å². The summed E-state index contributed by atoms with van der Waals surface area (Å²) in [7, 11) is 0. The molecule has 1 unspecified atom stereocenters. The van der Waals surface area contributed by atoms with Crippen LogP contribution < -0.4 is 5.32 Å². The zero-order chi connectivity index (χ0) is 14.7. The van der Waals surface area contributed by atoms with Crippen LogP contribution in [0.4, 0.5) is 0 Å². The second kappa shape index (κ2) is 6.17. The van der Waals surface area contributed by atoms with Crippen LogP contribution in [0.15, 0.2) is 6.20 Å². The van der Waals surface area contributed by atoms with Crippen LogP contribution in [0.5, 0.6) is 0 Å².